The molecule has 0 aliphatic heterocycles. The molecule has 0 aromatic heterocycles. The number of hydrogen-bond acceptors (Lipinski definition) is 3. The lowest BCUT2D eigenvalue weighted by atomic mass is 10.1. The molecule has 0 saturated carbocycles. The maximum Gasteiger partial charge on any atom is 0.417 e. The highest BCUT2D eigenvalue weighted by atomic mass is 19.4. The second-order valence-electron chi connectivity index (χ2n) is 3.47. The van der Waals surface area contributed by atoms with E-state index in [4.69, 9.17) is 5.11 Å². The predicted molar refractivity (Wildman–Crippen MR) is 53.6 cm³/mol. The Bertz CT molecular complexity index is 450. The molecule has 0 aliphatic rings. The lowest BCUT2D eigenvalue weighted by Gasteiger charge is -2.13. The van der Waals surface area contributed by atoms with Crippen LogP contribution >= 0.6 is 0 Å². The lowest BCUT2D eigenvalue weighted by molar-refractivity contribution is -0.167. The Hall–Kier alpha value is -2.05. The largest absolute Gasteiger partial charge is 0.473 e. The minimum Gasteiger partial charge on any atom is -0.473 e. The molecular weight excluding hydrogens is 253 g/mol. The van der Waals surface area contributed by atoms with E-state index >= 15 is 0 Å². The van der Waals surface area contributed by atoms with E-state index in [0.717, 1.165) is 24.3 Å². The monoisotopic (exact) mass is 262 g/mol. The second kappa shape index (κ2) is 5.07. The first kappa shape index (κ1) is 14.0. The van der Waals surface area contributed by atoms with Gasteiger partial charge in [0.15, 0.2) is 0 Å². The molecule has 98 valence electrons. The van der Waals surface area contributed by atoms with E-state index in [-0.39, 0.29) is 5.56 Å². The van der Waals surface area contributed by atoms with Crippen LogP contribution in [0.5, 0.6) is 0 Å². The van der Waals surface area contributed by atoms with Crippen LogP contribution in [0.3, 0.4) is 0 Å². The molecule has 1 N–H and O–H groups in total. The number of alkyl halides is 3. The van der Waals surface area contributed by atoms with Gasteiger partial charge in [-0.05, 0) is 24.6 Å². The maximum absolute atomic E-state index is 12.3. The predicted octanol–water partition coefficient (Wildman–Crippen LogP) is 2.39. The number of carboxylic acids is 1. The molecule has 4 nitrogen and oxygen atoms in total. The van der Waals surface area contributed by atoms with Gasteiger partial charge in [-0.2, -0.15) is 13.2 Å². The highest BCUT2D eigenvalue weighted by Crippen LogP contribution is 2.30. The fourth-order valence-electron chi connectivity index (χ4n) is 1.22. The standard InChI is InChI=1S/C11H9F3O4/c1-6(18-10(17)9(15)16)7-2-4-8(5-3-7)11(12,13)14/h2-6H,1H3,(H,15,16). The first-order valence-corrected chi connectivity index (χ1v) is 4.83. The van der Waals surface area contributed by atoms with Crippen molar-refractivity contribution in [2.75, 3.05) is 0 Å². The van der Waals surface area contributed by atoms with Crippen LogP contribution in [-0.2, 0) is 20.5 Å². The number of benzene rings is 1. The van der Waals surface area contributed by atoms with Gasteiger partial charge in [0.2, 0.25) is 0 Å². The topological polar surface area (TPSA) is 63.6 Å². The van der Waals surface area contributed by atoms with Crippen LogP contribution in [0.15, 0.2) is 24.3 Å². The molecule has 0 spiro atoms. The molecule has 1 rings (SSSR count). The third kappa shape index (κ3) is 3.47. The van der Waals surface area contributed by atoms with Crippen molar-refractivity contribution in [1.29, 1.82) is 0 Å². The fourth-order valence-corrected chi connectivity index (χ4v) is 1.22. The summed E-state index contributed by atoms with van der Waals surface area (Å²) in [5, 5.41) is 8.31. The van der Waals surface area contributed by atoms with E-state index in [9.17, 15) is 22.8 Å². The van der Waals surface area contributed by atoms with E-state index in [1.54, 1.807) is 0 Å². The van der Waals surface area contributed by atoms with Crippen LogP contribution in [0.25, 0.3) is 0 Å². The van der Waals surface area contributed by atoms with Gasteiger partial charge in [0.05, 0.1) is 5.56 Å². The molecule has 0 amide bonds. The van der Waals surface area contributed by atoms with Crippen LogP contribution < -0.4 is 0 Å². The number of carbonyl (C=O) groups excluding carboxylic acids is 1. The summed E-state index contributed by atoms with van der Waals surface area (Å²) in [4.78, 5) is 21.0. The average Bonchev–Trinajstić information content (AvgIpc) is 2.27. The van der Waals surface area contributed by atoms with Crippen LogP contribution in [0.1, 0.15) is 24.2 Å². The summed E-state index contributed by atoms with van der Waals surface area (Å²) in [6.45, 7) is 1.36. The maximum atomic E-state index is 12.3. The molecule has 0 saturated heterocycles. The number of halogens is 3. The Kier molecular flexibility index (Phi) is 3.95. The summed E-state index contributed by atoms with van der Waals surface area (Å²) < 4.78 is 41.3. The van der Waals surface area contributed by atoms with Crippen molar-refractivity contribution in [3.63, 3.8) is 0 Å². The fraction of sp³-hybridized carbons (Fsp3) is 0.273. The van der Waals surface area contributed by atoms with E-state index in [1.807, 2.05) is 0 Å². The van der Waals surface area contributed by atoms with Gasteiger partial charge in [0, 0.05) is 0 Å². The molecule has 1 aromatic carbocycles. The Morgan fingerprint density at radius 1 is 1.22 bits per heavy atom. The minimum absolute atomic E-state index is 0.276. The van der Waals surface area contributed by atoms with E-state index in [0.29, 0.717) is 0 Å². The lowest BCUT2D eigenvalue weighted by Crippen LogP contribution is -2.18. The molecule has 1 atom stereocenters. The highest BCUT2D eigenvalue weighted by molar-refractivity contribution is 6.28. The van der Waals surface area contributed by atoms with Crippen LogP contribution in [0.2, 0.25) is 0 Å². The normalized spacial score (nSPS) is 12.9. The van der Waals surface area contributed by atoms with Crippen molar-refractivity contribution in [1.82, 2.24) is 0 Å². The molecule has 18 heavy (non-hydrogen) atoms. The Balaban J connectivity index is 2.79. The van der Waals surface area contributed by atoms with Crippen molar-refractivity contribution < 1.29 is 32.6 Å². The summed E-state index contributed by atoms with van der Waals surface area (Å²) in [6, 6.07) is 3.92. The van der Waals surface area contributed by atoms with Gasteiger partial charge >= 0.3 is 18.1 Å². The summed E-state index contributed by atoms with van der Waals surface area (Å²) in [5.74, 6) is -3.21. The first-order valence-electron chi connectivity index (χ1n) is 4.83. The third-order valence-electron chi connectivity index (χ3n) is 2.17. The van der Waals surface area contributed by atoms with Crippen LogP contribution in [-0.4, -0.2) is 17.0 Å². The zero-order chi connectivity index (χ0) is 13.9. The summed E-state index contributed by atoms with van der Waals surface area (Å²) in [5.41, 5.74) is -0.555. The zero-order valence-corrected chi connectivity index (χ0v) is 9.19. The number of rotatable bonds is 2. The molecule has 7 heteroatoms. The van der Waals surface area contributed by atoms with Gasteiger partial charge in [0.1, 0.15) is 6.10 Å². The van der Waals surface area contributed by atoms with Crippen LogP contribution in [0, 0.1) is 0 Å². The van der Waals surface area contributed by atoms with Gasteiger partial charge in [-0.1, -0.05) is 12.1 Å². The SMILES string of the molecule is CC(OC(=O)C(=O)O)c1ccc(C(F)(F)F)cc1. The smallest absolute Gasteiger partial charge is 0.417 e. The molecule has 0 aliphatic carbocycles. The van der Waals surface area contributed by atoms with Crippen molar-refractivity contribution in [3.05, 3.63) is 35.4 Å². The van der Waals surface area contributed by atoms with E-state index in [2.05, 4.69) is 4.74 Å². The van der Waals surface area contributed by atoms with Gasteiger partial charge < -0.3 is 9.84 Å². The first-order chi connectivity index (χ1) is 8.21. The van der Waals surface area contributed by atoms with Crippen molar-refractivity contribution in [3.8, 4) is 0 Å². The number of ether oxygens (including phenoxy) is 1. The molecule has 0 bridgehead atoms. The molecule has 0 radical (unpaired) electrons. The second-order valence-corrected chi connectivity index (χ2v) is 3.47. The van der Waals surface area contributed by atoms with Gasteiger partial charge in [-0.25, -0.2) is 9.59 Å². The molecule has 1 aromatic rings. The van der Waals surface area contributed by atoms with Gasteiger partial charge in [0.25, 0.3) is 0 Å². The quantitative estimate of drug-likeness (QED) is 0.656. The number of esters is 1. The Morgan fingerprint density at radius 2 is 1.72 bits per heavy atom. The average molecular weight is 262 g/mol. The number of aliphatic carboxylic acids is 1. The Labute approximate surface area is 100.0 Å². The minimum atomic E-state index is -4.44. The Morgan fingerprint density at radius 3 is 2.11 bits per heavy atom. The zero-order valence-electron chi connectivity index (χ0n) is 9.19. The molecule has 0 heterocycles. The summed E-state index contributed by atoms with van der Waals surface area (Å²) in [6.07, 6.45) is -5.38. The third-order valence-corrected chi connectivity index (χ3v) is 2.17. The molecule has 0 fully saturated rings. The summed E-state index contributed by atoms with van der Waals surface area (Å²) in [7, 11) is 0. The molecule has 1 unspecified atom stereocenters. The van der Waals surface area contributed by atoms with E-state index in [1.165, 1.54) is 6.92 Å². The van der Waals surface area contributed by atoms with Crippen molar-refractivity contribution >= 4 is 11.9 Å². The number of carbonyl (C=O) groups is 2. The molecular formula is C11H9F3O4. The van der Waals surface area contributed by atoms with Crippen LogP contribution in [0.4, 0.5) is 13.2 Å². The van der Waals surface area contributed by atoms with Crippen molar-refractivity contribution in [2.24, 2.45) is 0 Å². The van der Waals surface area contributed by atoms with Gasteiger partial charge in [-0.15, -0.1) is 0 Å². The van der Waals surface area contributed by atoms with Gasteiger partial charge in [-0.3, -0.25) is 0 Å². The highest BCUT2D eigenvalue weighted by Gasteiger charge is 2.30. The number of carboxylic acid groups (broad SMARTS) is 1. The van der Waals surface area contributed by atoms with Crippen molar-refractivity contribution in [2.45, 2.75) is 19.2 Å². The number of hydrogen-bond donors (Lipinski definition) is 1. The summed E-state index contributed by atoms with van der Waals surface area (Å²) >= 11 is 0. The van der Waals surface area contributed by atoms with E-state index < -0.39 is 29.8 Å².